The monoisotopic (exact) mass is 388 g/mol. The van der Waals surface area contributed by atoms with Crippen molar-refractivity contribution in [2.75, 3.05) is 39.4 Å². The summed E-state index contributed by atoms with van der Waals surface area (Å²) in [6.45, 7) is 9.23. The van der Waals surface area contributed by atoms with Gasteiger partial charge in [-0.15, -0.1) is 0 Å². The molecule has 0 radical (unpaired) electrons. The molecule has 1 aliphatic rings. The minimum atomic E-state index is -4.40. The second-order valence-electron chi connectivity index (χ2n) is 7.22. The van der Waals surface area contributed by atoms with E-state index in [0.29, 0.717) is 24.6 Å². The van der Waals surface area contributed by atoms with Crippen LogP contribution in [0.15, 0.2) is 18.2 Å². The Labute approximate surface area is 157 Å². The molecule has 1 aromatic carbocycles. The number of hydrogen-bond donors (Lipinski definition) is 1. The lowest BCUT2D eigenvalue weighted by Crippen LogP contribution is -2.48. The van der Waals surface area contributed by atoms with Crippen molar-refractivity contribution in [1.82, 2.24) is 10.2 Å². The summed E-state index contributed by atoms with van der Waals surface area (Å²) in [6.07, 6.45) is -4.47. The SMILES string of the molecule is Cc1cc(C(F)(F)F)ccc1OCC(=O)NCC1CN(CC(C)C)CCO1. The van der Waals surface area contributed by atoms with E-state index in [-0.39, 0.29) is 24.4 Å². The maximum Gasteiger partial charge on any atom is 0.416 e. The zero-order chi connectivity index (χ0) is 20.0. The van der Waals surface area contributed by atoms with Crippen LogP contribution in [0.5, 0.6) is 5.75 Å². The van der Waals surface area contributed by atoms with Crippen LogP contribution in [0.3, 0.4) is 0 Å². The average molecular weight is 388 g/mol. The first-order chi connectivity index (χ1) is 12.6. The number of nitrogens with zero attached hydrogens (tertiary/aromatic N) is 1. The summed E-state index contributed by atoms with van der Waals surface area (Å²) < 4.78 is 49.0. The van der Waals surface area contributed by atoms with Crippen molar-refractivity contribution in [2.45, 2.75) is 33.1 Å². The Balaban J connectivity index is 1.76. The van der Waals surface area contributed by atoms with Crippen LogP contribution in [0.4, 0.5) is 13.2 Å². The Bertz CT molecular complexity index is 635. The highest BCUT2D eigenvalue weighted by molar-refractivity contribution is 5.77. The van der Waals surface area contributed by atoms with Gasteiger partial charge in [0.05, 0.1) is 18.3 Å². The first-order valence-corrected chi connectivity index (χ1v) is 9.06. The number of amides is 1. The molecule has 1 aromatic rings. The second kappa shape index (κ2) is 9.41. The molecule has 0 aliphatic carbocycles. The number of hydrogen-bond acceptors (Lipinski definition) is 4. The van der Waals surface area contributed by atoms with Crippen molar-refractivity contribution in [3.05, 3.63) is 29.3 Å². The standard InChI is InChI=1S/C19H27F3N2O3/c1-13(2)10-24-6-7-26-16(11-24)9-23-18(25)12-27-17-5-4-15(8-14(17)3)19(20,21)22/h4-5,8,13,16H,6-7,9-12H2,1-3H3,(H,23,25). The minimum Gasteiger partial charge on any atom is -0.484 e. The molecule has 1 fully saturated rings. The van der Waals surface area contributed by atoms with Gasteiger partial charge in [0, 0.05) is 26.2 Å². The maximum absolute atomic E-state index is 12.7. The van der Waals surface area contributed by atoms with Gasteiger partial charge in [-0.3, -0.25) is 9.69 Å². The molecular formula is C19H27F3N2O3. The van der Waals surface area contributed by atoms with Gasteiger partial charge in [-0.2, -0.15) is 13.2 Å². The van der Waals surface area contributed by atoms with E-state index in [1.807, 2.05) is 0 Å². The minimum absolute atomic E-state index is 0.0748. The molecular weight excluding hydrogens is 361 g/mol. The van der Waals surface area contributed by atoms with Crippen LogP contribution in [-0.2, 0) is 15.7 Å². The molecule has 1 heterocycles. The number of halogens is 3. The number of rotatable bonds is 7. The number of alkyl halides is 3. The highest BCUT2D eigenvalue weighted by Gasteiger charge is 2.30. The Kier molecular flexibility index (Phi) is 7.49. The highest BCUT2D eigenvalue weighted by Crippen LogP contribution is 2.32. The summed E-state index contributed by atoms with van der Waals surface area (Å²) in [5.41, 5.74) is -0.408. The van der Waals surface area contributed by atoms with Crippen molar-refractivity contribution >= 4 is 5.91 Å². The van der Waals surface area contributed by atoms with E-state index in [4.69, 9.17) is 9.47 Å². The summed E-state index contributed by atoms with van der Waals surface area (Å²) in [6, 6.07) is 3.19. The number of ether oxygens (including phenoxy) is 2. The number of aryl methyl sites for hydroxylation is 1. The first-order valence-electron chi connectivity index (χ1n) is 9.06. The van der Waals surface area contributed by atoms with E-state index in [9.17, 15) is 18.0 Å². The maximum atomic E-state index is 12.7. The molecule has 152 valence electrons. The molecule has 27 heavy (non-hydrogen) atoms. The van der Waals surface area contributed by atoms with Crippen LogP contribution in [0, 0.1) is 12.8 Å². The molecule has 0 bridgehead atoms. The second-order valence-corrected chi connectivity index (χ2v) is 7.22. The normalized spacial score (nSPS) is 18.6. The number of carbonyl (C=O) groups excluding carboxylic acids is 1. The molecule has 1 amide bonds. The van der Waals surface area contributed by atoms with Crippen molar-refractivity contribution in [3.63, 3.8) is 0 Å². The summed E-state index contributed by atoms with van der Waals surface area (Å²) in [4.78, 5) is 14.3. The lowest BCUT2D eigenvalue weighted by atomic mass is 10.1. The Hall–Kier alpha value is -1.80. The Morgan fingerprint density at radius 1 is 1.41 bits per heavy atom. The smallest absolute Gasteiger partial charge is 0.416 e. The number of carbonyl (C=O) groups is 1. The van der Waals surface area contributed by atoms with E-state index in [0.717, 1.165) is 31.8 Å². The third-order valence-electron chi connectivity index (χ3n) is 4.23. The summed E-state index contributed by atoms with van der Waals surface area (Å²) in [5, 5.41) is 2.76. The van der Waals surface area contributed by atoms with Gasteiger partial charge < -0.3 is 14.8 Å². The first kappa shape index (κ1) is 21.5. The van der Waals surface area contributed by atoms with E-state index < -0.39 is 11.7 Å². The number of morpholine rings is 1. The third-order valence-corrected chi connectivity index (χ3v) is 4.23. The van der Waals surface area contributed by atoms with Crippen LogP contribution in [0.1, 0.15) is 25.0 Å². The predicted octanol–water partition coefficient (Wildman–Crippen LogP) is 2.87. The van der Waals surface area contributed by atoms with Gasteiger partial charge in [0.25, 0.3) is 5.91 Å². The Morgan fingerprint density at radius 3 is 2.78 bits per heavy atom. The van der Waals surface area contributed by atoms with Crippen molar-refractivity contribution in [1.29, 1.82) is 0 Å². The molecule has 1 atom stereocenters. The van der Waals surface area contributed by atoms with Crippen molar-refractivity contribution < 1.29 is 27.4 Å². The topological polar surface area (TPSA) is 50.8 Å². The van der Waals surface area contributed by atoms with Crippen LogP contribution < -0.4 is 10.1 Å². The highest BCUT2D eigenvalue weighted by atomic mass is 19.4. The molecule has 0 spiro atoms. The molecule has 1 unspecified atom stereocenters. The molecule has 1 N–H and O–H groups in total. The molecule has 8 heteroatoms. The van der Waals surface area contributed by atoms with Crippen molar-refractivity contribution in [2.24, 2.45) is 5.92 Å². The van der Waals surface area contributed by atoms with Gasteiger partial charge in [0.15, 0.2) is 6.61 Å². The number of nitrogens with one attached hydrogen (secondary N) is 1. The van der Waals surface area contributed by atoms with Crippen molar-refractivity contribution in [3.8, 4) is 5.75 Å². The van der Waals surface area contributed by atoms with E-state index in [1.165, 1.54) is 13.0 Å². The Morgan fingerprint density at radius 2 is 2.15 bits per heavy atom. The lowest BCUT2D eigenvalue weighted by molar-refractivity contribution is -0.137. The molecule has 0 saturated carbocycles. The fourth-order valence-electron chi connectivity index (χ4n) is 3.00. The fraction of sp³-hybridized carbons (Fsp3) is 0.632. The van der Waals surface area contributed by atoms with E-state index in [1.54, 1.807) is 0 Å². The van der Waals surface area contributed by atoms with Gasteiger partial charge in [-0.1, -0.05) is 13.8 Å². The van der Waals surface area contributed by atoms with Gasteiger partial charge in [-0.25, -0.2) is 0 Å². The fourth-order valence-corrected chi connectivity index (χ4v) is 3.00. The molecule has 0 aromatic heterocycles. The third kappa shape index (κ3) is 7.03. The van der Waals surface area contributed by atoms with Crippen LogP contribution in [0.25, 0.3) is 0 Å². The molecule has 5 nitrogen and oxygen atoms in total. The van der Waals surface area contributed by atoms with Gasteiger partial charge in [-0.05, 0) is 36.6 Å². The van der Waals surface area contributed by atoms with E-state index in [2.05, 4.69) is 24.1 Å². The summed E-state index contributed by atoms with van der Waals surface area (Å²) >= 11 is 0. The quantitative estimate of drug-likeness (QED) is 0.781. The molecule has 2 rings (SSSR count). The van der Waals surface area contributed by atoms with E-state index >= 15 is 0 Å². The number of benzene rings is 1. The van der Waals surface area contributed by atoms with Gasteiger partial charge >= 0.3 is 6.18 Å². The zero-order valence-corrected chi connectivity index (χ0v) is 15.9. The lowest BCUT2D eigenvalue weighted by Gasteiger charge is -2.33. The molecule has 1 aliphatic heterocycles. The zero-order valence-electron chi connectivity index (χ0n) is 15.9. The summed E-state index contributed by atoms with van der Waals surface area (Å²) in [5.74, 6) is 0.493. The van der Waals surface area contributed by atoms with Gasteiger partial charge in [0.1, 0.15) is 5.75 Å². The largest absolute Gasteiger partial charge is 0.484 e. The van der Waals surface area contributed by atoms with Crippen LogP contribution in [-0.4, -0.2) is 56.3 Å². The predicted molar refractivity (Wildman–Crippen MR) is 95.7 cm³/mol. The molecule has 1 saturated heterocycles. The summed E-state index contributed by atoms with van der Waals surface area (Å²) in [7, 11) is 0. The van der Waals surface area contributed by atoms with Crippen LogP contribution in [0.2, 0.25) is 0 Å². The average Bonchev–Trinajstić information content (AvgIpc) is 2.57. The van der Waals surface area contributed by atoms with Crippen LogP contribution >= 0.6 is 0 Å². The van der Waals surface area contributed by atoms with Gasteiger partial charge in [0.2, 0.25) is 0 Å².